The predicted molar refractivity (Wildman–Crippen MR) is 84.4 cm³/mol. The Bertz CT molecular complexity index is 727. The Labute approximate surface area is 131 Å². The van der Waals surface area contributed by atoms with E-state index in [1.54, 1.807) is 17.5 Å². The summed E-state index contributed by atoms with van der Waals surface area (Å²) in [6.45, 7) is 1.34. The van der Waals surface area contributed by atoms with E-state index in [1.165, 1.54) is 54.5 Å². The molecule has 0 bridgehead atoms. The third kappa shape index (κ3) is 3.56. The number of carbonyl (C=O) groups excluding carboxylic acids is 2. The third-order valence-corrected chi connectivity index (χ3v) is 3.61. The molecule has 114 valence electrons. The lowest BCUT2D eigenvalue weighted by Crippen LogP contribution is -2.23. The molecule has 7 heteroatoms. The first-order valence-electron chi connectivity index (χ1n) is 6.43. The monoisotopic (exact) mass is 319 g/mol. The molecule has 0 saturated carbocycles. The number of aromatic nitrogens is 1. The summed E-state index contributed by atoms with van der Waals surface area (Å²) >= 11 is 1.19. The molecular formula is C15H14FN3O2S. The molecule has 5 nitrogen and oxygen atoms in total. The van der Waals surface area contributed by atoms with E-state index in [1.807, 2.05) is 0 Å². The Balaban J connectivity index is 2.34. The number of nitrogens with one attached hydrogen (secondary N) is 1. The minimum absolute atomic E-state index is 0.145. The summed E-state index contributed by atoms with van der Waals surface area (Å²) in [7, 11) is 1.52. The van der Waals surface area contributed by atoms with Gasteiger partial charge in [0.15, 0.2) is 5.13 Å². The van der Waals surface area contributed by atoms with E-state index < -0.39 is 5.82 Å². The lowest BCUT2D eigenvalue weighted by molar-refractivity contribution is -0.116. The molecule has 0 unspecified atom stereocenters. The van der Waals surface area contributed by atoms with Crippen LogP contribution in [0, 0.1) is 5.82 Å². The summed E-state index contributed by atoms with van der Waals surface area (Å²) in [6.07, 6.45) is 2.86. The van der Waals surface area contributed by atoms with Crippen LogP contribution in [-0.2, 0) is 9.59 Å². The van der Waals surface area contributed by atoms with Gasteiger partial charge in [-0.2, -0.15) is 0 Å². The Kier molecular flexibility index (Phi) is 5.00. The van der Waals surface area contributed by atoms with E-state index in [0.29, 0.717) is 10.8 Å². The van der Waals surface area contributed by atoms with Gasteiger partial charge >= 0.3 is 0 Å². The second-order valence-corrected chi connectivity index (χ2v) is 5.14. The highest BCUT2D eigenvalue weighted by atomic mass is 32.1. The minimum atomic E-state index is -0.504. The van der Waals surface area contributed by atoms with Crippen molar-refractivity contribution in [3.8, 4) is 0 Å². The van der Waals surface area contributed by atoms with Crippen LogP contribution in [0.3, 0.4) is 0 Å². The summed E-state index contributed by atoms with van der Waals surface area (Å²) < 4.78 is 13.9. The third-order valence-electron chi connectivity index (χ3n) is 2.76. The number of thiazole rings is 1. The number of anilines is 2. The molecule has 1 aromatic heterocycles. The van der Waals surface area contributed by atoms with Gasteiger partial charge < -0.3 is 5.32 Å². The maximum absolute atomic E-state index is 13.9. The highest BCUT2D eigenvalue weighted by Crippen LogP contribution is 2.30. The van der Waals surface area contributed by atoms with Crippen LogP contribution >= 0.6 is 11.3 Å². The van der Waals surface area contributed by atoms with Gasteiger partial charge in [-0.1, -0.05) is 12.1 Å². The molecule has 2 rings (SSSR count). The van der Waals surface area contributed by atoms with Crippen molar-refractivity contribution in [2.45, 2.75) is 6.92 Å². The summed E-state index contributed by atoms with van der Waals surface area (Å²) in [4.78, 5) is 28.5. The standard InChI is InChI=1S/C15H14FN3O2S/c1-10(20)19(13-6-4-3-5-12(13)16)15-18-11(9-22-15)7-8-14(21)17-2/h3-9H,1-2H3,(H,17,21)/b8-7+. The van der Waals surface area contributed by atoms with E-state index in [2.05, 4.69) is 10.3 Å². The van der Waals surface area contributed by atoms with Gasteiger partial charge in [-0.3, -0.25) is 14.5 Å². The summed E-state index contributed by atoms with van der Waals surface area (Å²) in [5.74, 6) is -1.11. The SMILES string of the molecule is CNC(=O)/C=C/c1csc(N(C(C)=O)c2ccccc2F)n1. The molecule has 1 N–H and O–H groups in total. The average molecular weight is 319 g/mol. The largest absolute Gasteiger partial charge is 0.356 e. The maximum Gasteiger partial charge on any atom is 0.243 e. The first-order chi connectivity index (χ1) is 10.5. The zero-order valence-electron chi connectivity index (χ0n) is 12.0. The second kappa shape index (κ2) is 6.95. The molecule has 0 aliphatic rings. The van der Waals surface area contributed by atoms with Crippen molar-refractivity contribution in [1.82, 2.24) is 10.3 Å². The van der Waals surface area contributed by atoms with Crippen LogP contribution in [0.1, 0.15) is 12.6 Å². The number of nitrogens with zero attached hydrogens (tertiary/aromatic N) is 2. The van der Waals surface area contributed by atoms with Gasteiger partial charge in [0.2, 0.25) is 11.8 Å². The Morgan fingerprint density at radius 2 is 2.09 bits per heavy atom. The smallest absolute Gasteiger partial charge is 0.243 e. The molecule has 0 aliphatic carbocycles. The summed E-state index contributed by atoms with van der Waals surface area (Å²) in [5.41, 5.74) is 0.664. The van der Waals surface area contributed by atoms with Crippen LogP contribution < -0.4 is 10.2 Å². The van der Waals surface area contributed by atoms with Crippen LogP contribution in [-0.4, -0.2) is 23.8 Å². The number of rotatable bonds is 4. The molecule has 2 aromatic rings. The van der Waals surface area contributed by atoms with Crippen molar-refractivity contribution in [2.24, 2.45) is 0 Å². The molecule has 0 radical (unpaired) electrons. The fourth-order valence-electron chi connectivity index (χ4n) is 1.74. The Morgan fingerprint density at radius 1 is 1.36 bits per heavy atom. The number of hydrogen-bond acceptors (Lipinski definition) is 4. The van der Waals surface area contributed by atoms with E-state index in [9.17, 15) is 14.0 Å². The minimum Gasteiger partial charge on any atom is -0.356 e. The van der Waals surface area contributed by atoms with E-state index in [0.717, 1.165) is 0 Å². The van der Waals surface area contributed by atoms with Crippen LogP contribution in [0.2, 0.25) is 0 Å². The molecule has 1 heterocycles. The molecular weight excluding hydrogens is 305 g/mol. The van der Waals surface area contributed by atoms with E-state index in [4.69, 9.17) is 0 Å². The Hall–Kier alpha value is -2.54. The number of carbonyl (C=O) groups is 2. The quantitative estimate of drug-likeness (QED) is 0.881. The van der Waals surface area contributed by atoms with Crippen molar-refractivity contribution < 1.29 is 14.0 Å². The second-order valence-electron chi connectivity index (χ2n) is 4.31. The topological polar surface area (TPSA) is 62.3 Å². The number of hydrogen-bond donors (Lipinski definition) is 1. The maximum atomic E-state index is 13.9. The van der Waals surface area contributed by atoms with Gasteiger partial charge in [-0.15, -0.1) is 11.3 Å². The first-order valence-corrected chi connectivity index (χ1v) is 7.31. The average Bonchev–Trinajstić information content (AvgIpc) is 2.95. The van der Waals surface area contributed by atoms with E-state index >= 15 is 0 Å². The van der Waals surface area contributed by atoms with Crippen LogP contribution in [0.15, 0.2) is 35.7 Å². The van der Waals surface area contributed by atoms with Gasteiger partial charge in [0.25, 0.3) is 0 Å². The lowest BCUT2D eigenvalue weighted by atomic mass is 10.3. The zero-order chi connectivity index (χ0) is 16.1. The van der Waals surface area contributed by atoms with Crippen LogP contribution in [0.4, 0.5) is 15.2 Å². The van der Waals surface area contributed by atoms with Gasteiger partial charge in [0, 0.05) is 25.4 Å². The van der Waals surface area contributed by atoms with Crippen molar-refractivity contribution in [2.75, 3.05) is 11.9 Å². The van der Waals surface area contributed by atoms with Crippen molar-refractivity contribution in [1.29, 1.82) is 0 Å². The van der Waals surface area contributed by atoms with E-state index in [-0.39, 0.29) is 17.5 Å². The predicted octanol–water partition coefficient (Wildman–Crippen LogP) is 2.73. The number of benzene rings is 1. The lowest BCUT2D eigenvalue weighted by Gasteiger charge is -2.18. The summed E-state index contributed by atoms with van der Waals surface area (Å²) in [5, 5.41) is 4.48. The highest BCUT2D eigenvalue weighted by Gasteiger charge is 2.20. The van der Waals surface area contributed by atoms with Crippen LogP contribution in [0.5, 0.6) is 0 Å². The molecule has 0 fully saturated rings. The first kappa shape index (κ1) is 15.8. The van der Waals surface area contributed by atoms with Crippen molar-refractivity contribution in [3.05, 3.63) is 47.2 Å². The Morgan fingerprint density at radius 3 is 2.73 bits per heavy atom. The molecule has 0 spiro atoms. The molecule has 1 aromatic carbocycles. The van der Waals surface area contributed by atoms with Crippen LogP contribution in [0.25, 0.3) is 6.08 Å². The van der Waals surface area contributed by atoms with Gasteiger partial charge in [0.1, 0.15) is 5.82 Å². The van der Waals surface area contributed by atoms with Gasteiger partial charge in [-0.05, 0) is 18.2 Å². The highest BCUT2D eigenvalue weighted by molar-refractivity contribution is 7.14. The van der Waals surface area contributed by atoms with Crippen molar-refractivity contribution >= 4 is 40.0 Å². The normalized spacial score (nSPS) is 10.7. The molecule has 0 atom stereocenters. The fourth-order valence-corrected chi connectivity index (χ4v) is 2.59. The molecule has 0 aliphatic heterocycles. The number of amides is 2. The molecule has 22 heavy (non-hydrogen) atoms. The number of para-hydroxylation sites is 1. The molecule has 0 saturated heterocycles. The molecule has 2 amide bonds. The van der Waals surface area contributed by atoms with Crippen molar-refractivity contribution in [3.63, 3.8) is 0 Å². The number of likely N-dealkylation sites (N-methyl/N-ethyl adjacent to an activating group) is 1. The zero-order valence-corrected chi connectivity index (χ0v) is 12.9. The summed E-state index contributed by atoms with van der Waals surface area (Å²) in [6, 6.07) is 5.99. The number of halogens is 1. The van der Waals surface area contributed by atoms with Gasteiger partial charge in [-0.25, -0.2) is 9.37 Å². The fraction of sp³-hybridized carbons (Fsp3) is 0.133. The van der Waals surface area contributed by atoms with Gasteiger partial charge in [0.05, 0.1) is 11.4 Å².